The Hall–Kier alpha value is -0.650. The number of ether oxygens (including phenoxy) is 2. The second kappa shape index (κ2) is 7.02. The van der Waals surface area contributed by atoms with E-state index in [1.807, 2.05) is 0 Å². The summed E-state index contributed by atoms with van der Waals surface area (Å²) in [5.74, 6) is -0.602. The lowest BCUT2D eigenvalue weighted by molar-refractivity contribution is -0.163. The molecule has 0 aromatic carbocycles. The standard InChI is InChI=1S/C7H9NO4/c1-8(11-3)7(9)6-12-5-4-10-2/h1-3H,4-6H2. The highest BCUT2D eigenvalue weighted by molar-refractivity contribution is 5.76. The third kappa shape index (κ3) is 5.06. The molecule has 6 radical (unpaired) electrons. The van der Waals surface area contributed by atoms with Crippen LogP contribution in [0, 0.1) is 21.3 Å². The van der Waals surface area contributed by atoms with Gasteiger partial charge in [0.15, 0.2) is 0 Å². The van der Waals surface area contributed by atoms with Crippen molar-refractivity contribution >= 4 is 5.91 Å². The molecule has 1 amide bonds. The topological polar surface area (TPSA) is 48.0 Å². The average molecular weight is 171 g/mol. The minimum atomic E-state index is -0.602. The van der Waals surface area contributed by atoms with Crippen molar-refractivity contribution in [2.75, 3.05) is 19.8 Å². The zero-order valence-corrected chi connectivity index (χ0v) is 6.43. The smallest absolute Gasteiger partial charge is 0.272 e. The fourth-order valence-corrected chi connectivity index (χ4v) is 0.389. The third-order valence-corrected chi connectivity index (χ3v) is 0.930. The van der Waals surface area contributed by atoms with Crippen LogP contribution in [0.25, 0.3) is 0 Å². The molecule has 5 nitrogen and oxygen atoms in total. The van der Waals surface area contributed by atoms with Gasteiger partial charge in [0.1, 0.15) is 27.9 Å². The fourth-order valence-electron chi connectivity index (χ4n) is 0.389. The molecule has 0 aromatic heterocycles. The minimum absolute atomic E-state index is 0.195. The molecule has 0 bridgehead atoms. The van der Waals surface area contributed by atoms with Crippen LogP contribution in [-0.4, -0.2) is 30.8 Å². The highest BCUT2D eigenvalue weighted by atomic mass is 16.7. The number of carbonyl (C=O) groups is 1. The lowest BCUT2D eigenvalue weighted by Gasteiger charge is -2.11. The summed E-state index contributed by atoms with van der Waals surface area (Å²) >= 11 is 0. The van der Waals surface area contributed by atoms with Crippen LogP contribution in [0.5, 0.6) is 0 Å². The van der Waals surface area contributed by atoms with Gasteiger partial charge in [-0.2, -0.15) is 0 Å². The number of carbonyl (C=O) groups excluding carboxylic acids is 1. The number of hydrogen-bond acceptors (Lipinski definition) is 4. The SMILES string of the molecule is [CH]OCCOCC(=O)N([CH])O[CH]. The van der Waals surface area contributed by atoms with E-state index in [0.717, 1.165) is 0 Å². The van der Waals surface area contributed by atoms with Crippen molar-refractivity contribution in [3.63, 3.8) is 0 Å². The Morgan fingerprint density at radius 1 is 1.33 bits per heavy atom. The molecular formula is C7H9NO4. The second-order valence-electron chi connectivity index (χ2n) is 1.75. The van der Waals surface area contributed by atoms with Crippen LogP contribution in [-0.2, 0) is 19.1 Å². The van der Waals surface area contributed by atoms with Crippen molar-refractivity contribution in [2.45, 2.75) is 0 Å². The molecule has 12 heavy (non-hydrogen) atoms. The molecule has 0 aliphatic rings. The van der Waals surface area contributed by atoms with Crippen molar-refractivity contribution in [3.05, 3.63) is 21.3 Å². The molecule has 0 spiro atoms. The average Bonchev–Trinajstić information content (AvgIpc) is 2.10. The third-order valence-electron chi connectivity index (χ3n) is 0.930. The molecule has 0 aliphatic heterocycles. The zero-order valence-electron chi connectivity index (χ0n) is 6.43. The van der Waals surface area contributed by atoms with Gasteiger partial charge in [0.25, 0.3) is 5.91 Å². The van der Waals surface area contributed by atoms with Crippen LogP contribution in [0.4, 0.5) is 0 Å². The molecule has 5 heteroatoms. The predicted molar refractivity (Wildman–Crippen MR) is 37.6 cm³/mol. The maximum Gasteiger partial charge on any atom is 0.272 e. The first-order valence-electron chi connectivity index (χ1n) is 3.06. The molecular weight excluding hydrogens is 162 g/mol. The molecule has 0 saturated heterocycles. The summed E-state index contributed by atoms with van der Waals surface area (Å²) in [4.78, 5) is 14.6. The normalized spacial score (nSPS) is 9.92. The van der Waals surface area contributed by atoms with Gasteiger partial charge in [-0.3, -0.25) is 9.63 Å². The van der Waals surface area contributed by atoms with Crippen LogP contribution in [0.15, 0.2) is 0 Å². The Morgan fingerprint density at radius 3 is 2.50 bits per heavy atom. The van der Waals surface area contributed by atoms with E-state index in [9.17, 15) is 4.79 Å². The largest absolute Gasteiger partial charge is 0.370 e. The van der Waals surface area contributed by atoms with Crippen molar-refractivity contribution < 1.29 is 19.1 Å². The predicted octanol–water partition coefficient (Wildman–Crippen LogP) is -0.214. The van der Waals surface area contributed by atoms with Crippen molar-refractivity contribution in [1.82, 2.24) is 5.06 Å². The van der Waals surface area contributed by atoms with Gasteiger partial charge in [-0.25, -0.2) is 5.06 Å². The van der Waals surface area contributed by atoms with E-state index in [-0.39, 0.29) is 19.8 Å². The summed E-state index contributed by atoms with van der Waals surface area (Å²) in [6.45, 7) is 0.152. The van der Waals surface area contributed by atoms with Gasteiger partial charge < -0.3 is 9.47 Å². The molecule has 0 aromatic rings. The molecule has 0 N–H and O–H groups in total. The van der Waals surface area contributed by atoms with E-state index in [4.69, 9.17) is 11.8 Å². The molecule has 0 aliphatic carbocycles. The number of nitrogens with zero attached hydrogens (tertiary/aromatic N) is 1. The summed E-state index contributed by atoms with van der Waals surface area (Å²) in [6, 6.07) is 0. The van der Waals surface area contributed by atoms with Gasteiger partial charge in [-0.05, 0) is 0 Å². The van der Waals surface area contributed by atoms with Crippen LogP contribution in [0.3, 0.4) is 0 Å². The van der Waals surface area contributed by atoms with Gasteiger partial charge in [-0.15, -0.1) is 0 Å². The Kier molecular flexibility index (Phi) is 6.64. The Morgan fingerprint density at radius 2 is 2.00 bits per heavy atom. The molecule has 0 unspecified atom stereocenters. The molecule has 0 saturated carbocycles. The van der Waals surface area contributed by atoms with E-state index < -0.39 is 5.91 Å². The van der Waals surface area contributed by atoms with E-state index in [1.165, 1.54) is 0 Å². The van der Waals surface area contributed by atoms with Crippen molar-refractivity contribution in [2.24, 2.45) is 0 Å². The van der Waals surface area contributed by atoms with E-state index in [0.29, 0.717) is 5.06 Å². The van der Waals surface area contributed by atoms with Crippen molar-refractivity contribution in [3.8, 4) is 0 Å². The molecule has 0 fully saturated rings. The Balaban J connectivity index is 3.31. The summed E-state index contributed by atoms with van der Waals surface area (Å²) in [6.07, 6.45) is 0. The molecule has 0 atom stereocenters. The van der Waals surface area contributed by atoms with Crippen LogP contribution >= 0.6 is 0 Å². The molecule has 66 valence electrons. The number of amides is 1. The first-order chi connectivity index (χ1) is 5.72. The number of rotatable bonds is 6. The van der Waals surface area contributed by atoms with E-state index in [1.54, 1.807) is 0 Å². The summed E-state index contributed by atoms with van der Waals surface area (Å²) < 4.78 is 8.92. The van der Waals surface area contributed by atoms with Crippen LogP contribution < -0.4 is 0 Å². The van der Waals surface area contributed by atoms with Gasteiger partial charge in [0.2, 0.25) is 0 Å². The highest BCUT2D eigenvalue weighted by Crippen LogP contribution is 1.88. The zero-order chi connectivity index (χ0) is 9.40. The van der Waals surface area contributed by atoms with Gasteiger partial charge >= 0.3 is 0 Å². The van der Waals surface area contributed by atoms with E-state index in [2.05, 4.69) is 23.8 Å². The molecule has 0 heterocycles. The first kappa shape index (κ1) is 11.4. The fraction of sp³-hybridized carbons (Fsp3) is 0.429. The number of hydroxylamine groups is 2. The number of hydrogen-bond donors (Lipinski definition) is 0. The lowest BCUT2D eigenvalue weighted by atomic mass is 10.6. The Bertz CT molecular complexity index is 129. The van der Waals surface area contributed by atoms with E-state index >= 15 is 0 Å². The highest BCUT2D eigenvalue weighted by Gasteiger charge is 2.07. The maximum atomic E-state index is 10.7. The lowest BCUT2D eigenvalue weighted by Crippen LogP contribution is -2.27. The summed E-state index contributed by atoms with van der Waals surface area (Å²) in [5.41, 5.74) is 0. The van der Waals surface area contributed by atoms with Gasteiger partial charge in [0, 0.05) is 0 Å². The minimum Gasteiger partial charge on any atom is -0.370 e. The maximum absolute atomic E-state index is 10.7. The Labute approximate surface area is 72.1 Å². The van der Waals surface area contributed by atoms with Gasteiger partial charge in [0.05, 0.1) is 13.2 Å². The molecule has 0 rings (SSSR count). The van der Waals surface area contributed by atoms with Crippen molar-refractivity contribution in [1.29, 1.82) is 0 Å². The van der Waals surface area contributed by atoms with Gasteiger partial charge in [-0.1, -0.05) is 0 Å². The van der Waals surface area contributed by atoms with Crippen LogP contribution in [0.2, 0.25) is 0 Å². The quantitative estimate of drug-likeness (QED) is 0.315. The van der Waals surface area contributed by atoms with Crippen LogP contribution in [0.1, 0.15) is 0 Å². The first-order valence-corrected chi connectivity index (χ1v) is 3.06. The second-order valence-corrected chi connectivity index (χ2v) is 1.75. The monoisotopic (exact) mass is 171 g/mol. The summed E-state index contributed by atoms with van der Waals surface area (Å²) in [5, 5.41) is 0.364. The summed E-state index contributed by atoms with van der Waals surface area (Å²) in [7, 11) is 14.2.